The van der Waals surface area contributed by atoms with Gasteiger partial charge < -0.3 is 4.74 Å². The van der Waals surface area contributed by atoms with E-state index in [0.29, 0.717) is 0 Å². The number of para-hydroxylation sites is 1. The van der Waals surface area contributed by atoms with Gasteiger partial charge in [-0.2, -0.15) is 4.99 Å². The third kappa shape index (κ3) is 1.75. The number of nitro benzene ring substituents is 1. The van der Waals surface area contributed by atoms with Gasteiger partial charge in [0, 0.05) is 6.07 Å². The molecule has 6 heteroatoms. The molecule has 0 aliphatic rings. The molecular formula is C8H6N2O4. The van der Waals surface area contributed by atoms with Crippen molar-refractivity contribution in [1.29, 1.82) is 0 Å². The van der Waals surface area contributed by atoms with E-state index in [1.165, 1.54) is 31.4 Å². The Kier molecular flexibility index (Phi) is 2.93. The Balaban J connectivity index is 3.39. The third-order valence-corrected chi connectivity index (χ3v) is 1.54. The summed E-state index contributed by atoms with van der Waals surface area (Å²) < 4.78 is 4.78. The standard InChI is InChI=1S/C8H6N2O4/c1-14-8-6(9-5-11)3-2-4-7(8)10(12)13/h2-4H,1H3. The van der Waals surface area contributed by atoms with E-state index in [9.17, 15) is 14.9 Å². The molecule has 0 fully saturated rings. The molecule has 0 spiro atoms. The average Bonchev–Trinajstić information content (AvgIpc) is 2.18. The van der Waals surface area contributed by atoms with Gasteiger partial charge in [0.1, 0.15) is 5.69 Å². The summed E-state index contributed by atoms with van der Waals surface area (Å²) in [7, 11) is 1.27. The first kappa shape index (κ1) is 9.88. The van der Waals surface area contributed by atoms with Gasteiger partial charge in [-0.15, -0.1) is 0 Å². The fourth-order valence-electron chi connectivity index (χ4n) is 1.00. The molecule has 6 nitrogen and oxygen atoms in total. The molecule has 1 rings (SSSR count). The number of hydrogen-bond donors (Lipinski definition) is 0. The van der Waals surface area contributed by atoms with Crippen molar-refractivity contribution < 1.29 is 14.5 Å². The molecule has 0 saturated heterocycles. The molecule has 72 valence electrons. The molecule has 0 radical (unpaired) electrons. The highest BCUT2D eigenvalue weighted by Crippen LogP contribution is 2.35. The van der Waals surface area contributed by atoms with Gasteiger partial charge in [-0.1, -0.05) is 6.07 Å². The summed E-state index contributed by atoms with van der Waals surface area (Å²) >= 11 is 0. The molecule has 0 aliphatic carbocycles. The fraction of sp³-hybridized carbons (Fsp3) is 0.125. The van der Waals surface area contributed by atoms with Crippen molar-refractivity contribution in [2.24, 2.45) is 4.99 Å². The first-order chi connectivity index (χ1) is 6.70. The molecule has 0 bridgehead atoms. The topological polar surface area (TPSA) is 81.8 Å². The summed E-state index contributed by atoms with van der Waals surface area (Å²) in [6.07, 6.45) is 1.30. The van der Waals surface area contributed by atoms with Gasteiger partial charge in [-0.05, 0) is 6.07 Å². The highest BCUT2D eigenvalue weighted by molar-refractivity contribution is 5.65. The number of isocyanates is 1. The van der Waals surface area contributed by atoms with Crippen molar-refractivity contribution >= 4 is 17.5 Å². The Morgan fingerprint density at radius 2 is 2.29 bits per heavy atom. The molecule has 0 atom stereocenters. The van der Waals surface area contributed by atoms with Crippen LogP contribution >= 0.6 is 0 Å². The minimum Gasteiger partial charge on any atom is -0.489 e. The third-order valence-electron chi connectivity index (χ3n) is 1.54. The lowest BCUT2D eigenvalue weighted by molar-refractivity contribution is -0.385. The maximum atomic E-state index is 10.5. The van der Waals surface area contributed by atoms with Crippen LogP contribution in [0.25, 0.3) is 0 Å². The Hall–Kier alpha value is -2.20. The Morgan fingerprint density at radius 3 is 2.79 bits per heavy atom. The first-order valence-corrected chi connectivity index (χ1v) is 3.60. The zero-order chi connectivity index (χ0) is 10.6. The lowest BCUT2D eigenvalue weighted by atomic mass is 10.2. The summed E-state index contributed by atoms with van der Waals surface area (Å²) in [6.45, 7) is 0. The van der Waals surface area contributed by atoms with Gasteiger partial charge in [-0.25, -0.2) is 4.79 Å². The lowest BCUT2D eigenvalue weighted by Gasteiger charge is -2.02. The Bertz CT molecular complexity index is 390. The van der Waals surface area contributed by atoms with Crippen molar-refractivity contribution in [3.8, 4) is 5.75 Å². The van der Waals surface area contributed by atoms with Crippen molar-refractivity contribution in [3.05, 3.63) is 28.3 Å². The van der Waals surface area contributed by atoms with Crippen LogP contribution in [0.3, 0.4) is 0 Å². The number of nitro groups is 1. The zero-order valence-electron chi connectivity index (χ0n) is 7.26. The van der Waals surface area contributed by atoms with E-state index in [1.807, 2.05) is 0 Å². The average molecular weight is 194 g/mol. The van der Waals surface area contributed by atoms with Crippen LogP contribution in [0.4, 0.5) is 11.4 Å². The van der Waals surface area contributed by atoms with Crippen LogP contribution in [0.1, 0.15) is 0 Å². The van der Waals surface area contributed by atoms with Crippen LogP contribution in [0.2, 0.25) is 0 Å². The van der Waals surface area contributed by atoms with Gasteiger partial charge in [0.15, 0.2) is 0 Å². The number of rotatable bonds is 3. The number of aliphatic imine (C=N–C) groups is 1. The second-order valence-electron chi connectivity index (χ2n) is 2.29. The van der Waals surface area contributed by atoms with E-state index >= 15 is 0 Å². The van der Waals surface area contributed by atoms with Crippen LogP contribution in [0.15, 0.2) is 23.2 Å². The zero-order valence-corrected chi connectivity index (χ0v) is 7.26. The summed E-state index contributed by atoms with van der Waals surface area (Å²) in [5.41, 5.74) is -0.138. The predicted molar refractivity (Wildman–Crippen MR) is 47.4 cm³/mol. The fourth-order valence-corrected chi connectivity index (χ4v) is 1.00. The molecule has 0 N–H and O–H groups in total. The monoisotopic (exact) mass is 194 g/mol. The van der Waals surface area contributed by atoms with Gasteiger partial charge in [-0.3, -0.25) is 10.1 Å². The maximum absolute atomic E-state index is 10.5. The van der Waals surface area contributed by atoms with E-state index < -0.39 is 4.92 Å². The first-order valence-electron chi connectivity index (χ1n) is 3.60. The summed E-state index contributed by atoms with van der Waals surface area (Å²) in [6, 6.07) is 4.11. The van der Waals surface area contributed by atoms with Crippen LogP contribution in [-0.2, 0) is 4.79 Å². The summed E-state index contributed by atoms with van der Waals surface area (Å²) in [5, 5.41) is 10.5. The van der Waals surface area contributed by atoms with Crippen molar-refractivity contribution in [2.75, 3.05) is 7.11 Å². The van der Waals surface area contributed by atoms with Crippen LogP contribution in [0.5, 0.6) is 5.75 Å². The second-order valence-corrected chi connectivity index (χ2v) is 2.29. The number of hydrogen-bond acceptors (Lipinski definition) is 5. The molecule has 0 aliphatic heterocycles. The molecule has 0 amide bonds. The van der Waals surface area contributed by atoms with Crippen LogP contribution in [0, 0.1) is 10.1 Å². The molecular weight excluding hydrogens is 188 g/mol. The number of benzene rings is 1. The summed E-state index contributed by atoms with van der Waals surface area (Å²) in [4.78, 5) is 23.2. The number of nitrogens with zero attached hydrogens (tertiary/aromatic N) is 2. The van der Waals surface area contributed by atoms with Gasteiger partial charge in [0.25, 0.3) is 0 Å². The molecule has 14 heavy (non-hydrogen) atoms. The highest BCUT2D eigenvalue weighted by atomic mass is 16.6. The predicted octanol–water partition coefficient (Wildman–Crippen LogP) is 1.57. The minimum absolute atomic E-state index is 0.0409. The maximum Gasteiger partial charge on any atom is 0.313 e. The number of methoxy groups -OCH3 is 1. The van der Waals surface area contributed by atoms with Crippen molar-refractivity contribution in [2.45, 2.75) is 0 Å². The molecule has 0 heterocycles. The van der Waals surface area contributed by atoms with Gasteiger partial charge in [0.05, 0.1) is 12.0 Å². The molecule has 0 unspecified atom stereocenters. The largest absolute Gasteiger partial charge is 0.489 e. The molecule has 1 aromatic carbocycles. The molecule has 1 aromatic rings. The van der Waals surface area contributed by atoms with Crippen molar-refractivity contribution in [1.82, 2.24) is 0 Å². The van der Waals surface area contributed by atoms with Crippen LogP contribution in [-0.4, -0.2) is 18.1 Å². The van der Waals surface area contributed by atoms with E-state index in [2.05, 4.69) is 4.99 Å². The van der Waals surface area contributed by atoms with E-state index in [-0.39, 0.29) is 17.1 Å². The molecule has 0 saturated carbocycles. The smallest absolute Gasteiger partial charge is 0.313 e. The van der Waals surface area contributed by atoms with Crippen LogP contribution < -0.4 is 4.74 Å². The molecule has 0 aromatic heterocycles. The Labute approximate surface area is 79.0 Å². The van der Waals surface area contributed by atoms with E-state index in [4.69, 9.17) is 4.74 Å². The number of ether oxygens (including phenoxy) is 1. The van der Waals surface area contributed by atoms with E-state index in [1.54, 1.807) is 0 Å². The lowest BCUT2D eigenvalue weighted by Crippen LogP contribution is -1.93. The van der Waals surface area contributed by atoms with E-state index in [0.717, 1.165) is 0 Å². The Morgan fingerprint density at radius 1 is 1.57 bits per heavy atom. The summed E-state index contributed by atoms with van der Waals surface area (Å²) in [5.74, 6) is -0.0409. The van der Waals surface area contributed by atoms with Gasteiger partial charge >= 0.3 is 5.69 Å². The minimum atomic E-state index is -0.608. The second kappa shape index (κ2) is 4.15. The quantitative estimate of drug-likeness (QED) is 0.316. The SMILES string of the molecule is COc1c(N=C=O)cccc1[N+](=O)[O-]. The van der Waals surface area contributed by atoms with Crippen molar-refractivity contribution in [3.63, 3.8) is 0 Å². The number of carbonyl (C=O) groups excluding carboxylic acids is 1. The highest BCUT2D eigenvalue weighted by Gasteiger charge is 2.17. The van der Waals surface area contributed by atoms with Gasteiger partial charge in [0.2, 0.25) is 11.8 Å². The normalized spacial score (nSPS) is 8.93.